The van der Waals surface area contributed by atoms with Crippen molar-refractivity contribution in [3.63, 3.8) is 0 Å². The molecular formula is C25H23N2O2S+. The van der Waals surface area contributed by atoms with E-state index in [4.69, 9.17) is 10.5 Å². The Morgan fingerprint density at radius 3 is 2.40 bits per heavy atom. The molecule has 0 aliphatic rings. The molecule has 1 heterocycles. The molecule has 0 amide bonds. The maximum Gasteiger partial charge on any atom is 0.329 e. The number of hydrogen-bond donors (Lipinski definition) is 1. The summed E-state index contributed by atoms with van der Waals surface area (Å²) in [6, 6.07) is 25.3. The van der Waals surface area contributed by atoms with E-state index in [1.165, 1.54) is 11.3 Å². The SMILES string of the molecule is COc1ccc(C(Cc2cccc(C(=O)c3ccccc3)c2)c2csc(N)[nH+]2)cc1. The second kappa shape index (κ2) is 8.93. The summed E-state index contributed by atoms with van der Waals surface area (Å²) in [6.45, 7) is 0. The van der Waals surface area contributed by atoms with Gasteiger partial charge in [-0.3, -0.25) is 10.5 Å². The van der Waals surface area contributed by atoms with Crippen LogP contribution in [0.4, 0.5) is 5.13 Å². The molecular weight excluding hydrogens is 392 g/mol. The summed E-state index contributed by atoms with van der Waals surface area (Å²) in [5.74, 6) is 0.943. The van der Waals surface area contributed by atoms with Crippen molar-refractivity contribution in [2.45, 2.75) is 12.3 Å². The van der Waals surface area contributed by atoms with Crippen LogP contribution in [-0.4, -0.2) is 12.9 Å². The van der Waals surface area contributed by atoms with Gasteiger partial charge < -0.3 is 4.74 Å². The number of hydrogen-bond acceptors (Lipinski definition) is 4. The van der Waals surface area contributed by atoms with Gasteiger partial charge in [-0.1, -0.05) is 72.0 Å². The lowest BCUT2D eigenvalue weighted by Gasteiger charge is -2.15. The number of H-pyrrole nitrogens is 1. The highest BCUT2D eigenvalue weighted by molar-refractivity contribution is 7.13. The molecule has 0 bridgehead atoms. The minimum Gasteiger partial charge on any atom is -0.497 e. The first-order valence-corrected chi connectivity index (χ1v) is 10.6. The molecule has 5 heteroatoms. The third kappa shape index (κ3) is 4.42. The lowest BCUT2D eigenvalue weighted by Crippen LogP contribution is -2.17. The normalized spacial score (nSPS) is 11.8. The maximum atomic E-state index is 12.9. The summed E-state index contributed by atoms with van der Waals surface area (Å²) >= 11 is 1.49. The van der Waals surface area contributed by atoms with Crippen molar-refractivity contribution in [3.05, 3.63) is 112 Å². The largest absolute Gasteiger partial charge is 0.497 e. The Morgan fingerprint density at radius 1 is 1.00 bits per heavy atom. The van der Waals surface area contributed by atoms with E-state index in [9.17, 15) is 4.79 Å². The smallest absolute Gasteiger partial charge is 0.329 e. The number of nitrogen functional groups attached to an aromatic ring is 1. The third-order valence-electron chi connectivity index (χ3n) is 5.14. The van der Waals surface area contributed by atoms with Gasteiger partial charge >= 0.3 is 5.13 Å². The molecule has 1 aromatic heterocycles. The fourth-order valence-corrected chi connectivity index (χ4v) is 4.23. The summed E-state index contributed by atoms with van der Waals surface area (Å²) in [7, 11) is 1.66. The predicted molar refractivity (Wildman–Crippen MR) is 120 cm³/mol. The summed E-state index contributed by atoms with van der Waals surface area (Å²) in [4.78, 5) is 16.1. The van der Waals surface area contributed by atoms with Crippen molar-refractivity contribution in [3.8, 4) is 5.75 Å². The number of nitrogens with two attached hydrogens (primary N) is 1. The molecule has 1 atom stereocenters. The van der Waals surface area contributed by atoms with E-state index in [2.05, 4.69) is 28.6 Å². The molecule has 0 spiro atoms. The molecule has 3 N–H and O–H groups in total. The zero-order valence-electron chi connectivity index (χ0n) is 16.7. The van der Waals surface area contributed by atoms with Gasteiger partial charge in [-0.15, -0.1) is 0 Å². The number of anilines is 1. The van der Waals surface area contributed by atoms with E-state index in [1.807, 2.05) is 60.7 Å². The first-order valence-electron chi connectivity index (χ1n) is 9.73. The van der Waals surface area contributed by atoms with Crippen LogP contribution in [0.15, 0.2) is 84.2 Å². The second-order valence-corrected chi connectivity index (χ2v) is 8.02. The van der Waals surface area contributed by atoms with Gasteiger partial charge in [-0.25, -0.2) is 4.98 Å². The van der Waals surface area contributed by atoms with Crippen molar-refractivity contribution in [2.75, 3.05) is 12.8 Å². The van der Waals surface area contributed by atoms with Crippen LogP contribution in [0, 0.1) is 0 Å². The number of methoxy groups -OCH3 is 1. The van der Waals surface area contributed by atoms with Gasteiger partial charge in [-0.05, 0) is 35.7 Å². The van der Waals surface area contributed by atoms with Gasteiger partial charge in [0.1, 0.15) is 11.4 Å². The van der Waals surface area contributed by atoms with Crippen LogP contribution in [0.5, 0.6) is 5.75 Å². The average molecular weight is 416 g/mol. The van der Waals surface area contributed by atoms with Crippen molar-refractivity contribution in [2.24, 2.45) is 0 Å². The van der Waals surface area contributed by atoms with Crippen molar-refractivity contribution in [1.29, 1.82) is 0 Å². The van der Waals surface area contributed by atoms with Gasteiger partial charge in [-0.2, -0.15) is 0 Å². The highest BCUT2D eigenvalue weighted by atomic mass is 32.1. The average Bonchev–Trinajstić information content (AvgIpc) is 3.24. The van der Waals surface area contributed by atoms with Gasteiger partial charge in [0.05, 0.1) is 13.0 Å². The Hall–Kier alpha value is -3.44. The molecule has 1 unspecified atom stereocenters. The lowest BCUT2D eigenvalue weighted by atomic mass is 9.88. The monoisotopic (exact) mass is 415 g/mol. The molecule has 0 saturated heterocycles. The molecule has 4 rings (SSSR count). The first kappa shape index (κ1) is 19.9. The van der Waals surface area contributed by atoms with Crippen LogP contribution in [0.1, 0.15) is 38.7 Å². The number of thiazole rings is 1. The molecule has 3 aromatic carbocycles. The predicted octanol–water partition coefficient (Wildman–Crippen LogP) is 4.76. The Bertz CT molecular complexity index is 1140. The molecule has 0 saturated carbocycles. The molecule has 0 fully saturated rings. The fraction of sp³-hybridized carbons (Fsp3) is 0.120. The number of ether oxygens (including phenoxy) is 1. The summed E-state index contributed by atoms with van der Waals surface area (Å²) in [5, 5.41) is 2.74. The number of carbonyl (C=O) groups excluding carboxylic acids is 1. The zero-order valence-corrected chi connectivity index (χ0v) is 17.5. The fourth-order valence-electron chi connectivity index (χ4n) is 3.57. The van der Waals surface area contributed by atoms with Crippen LogP contribution < -0.4 is 15.5 Å². The topological polar surface area (TPSA) is 66.5 Å². The number of benzene rings is 3. The van der Waals surface area contributed by atoms with Gasteiger partial charge in [0.2, 0.25) is 0 Å². The minimum absolute atomic E-state index is 0.0322. The number of rotatable bonds is 7. The van der Waals surface area contributed by atoms with Gasteiger partial charge in [0.25, 0.3) is 0 Å². The first-order chi connectivity index (χ1) is 14.6. The summed E-state index contributed by atoms with van der Waals surface area (Å²) in [5.41, 5.74) is 10.7. The van der Waals surface area contributed by atoms with Crippen LogP contribution in [-0.2, 0) is 6.42 Å². The van der Waals surface area contributed by atoms with Crippen molar-refractivity contribution < 1.29 is 14.5 Å². The number of nitrogens with one attached hydrogen (secondary N) is 1. The summed E-state index contributed by atoms with van der Waals surface area (Å²) < 4.78 is 5.30. The lowest BCUT2D eigenvalue weighted by molar-refractivity contribution is -0.368. The molecule has 0 aliphatic heterocycles. The number of ketones is 1. The van der Waals surface area contributed by atoms with E-state index in [-0.39, 0.29) is 11.7 Å². The van der Waals surface area contributed by atoms with Crippen LogP contribution in [0.3, 0.4) is 0 Å². The van der Waals surface area contributed by atoms with Crippen LogP contribution >= 0.6 is 11.3 Å². The van der Waals surface area contributed by atoms with Gasteiger partial charge in [0.15, 0.2) is 5.78 Å². The van der Waals surface area contributed by atoms with E-state index in [0.717, 1.165) is 29.0 Å². The summed E-state index contributed by atoms with van der Waals surface area (Å²) in [6.07, 6.45) is 0.745. The maximum absolute atomic E-state index is 12.9. The molecule has 150 valence electrons. The Balaban J connectivity index is 1.65. The third-order valence-corrected chi connectivity index (χ3v) is 5.87. The zero-order chi connectivity index (χ0) is 20.9. The molecule has 0 radical (unpaired) electrons. The Labute approximate surface area is 180 Å². The highest BCUT2D eigenvalue weighted by Gasteiger charge is 2.21. The Morgan fingerprint density at radius 2 is 1.73 bits per heavy atom. The highest BCUT2D eigenvalue weighted by Crippen LogP contribution is 2.30. The molecule has 4 nitrogen and oxygen atoms in total. The quantitative estimate of drug-likeness (QED) is 0.443. The number of aromatic amines is 1. The van der Waals surface area contributed by atoms with Crippen LogP contribution in [0.2, 0.25) is 0 Å². The van der Waals surface area contributed by atoms with E-state index in [1.54, 1.807) is 7.11 Å². The number of carbonyl (C=O) groups is 1. The minimum atomic E-state index is 0.0322. The molecule has 0 aliphatic carbocycles. The van der Waals surface area contributed by atoms with Crippen molar-refractivity contribution in [1.82, 2.24) is 0 Å². The van der Waals surface area contributed by atoms with Crippen LogP contribution in [0.25, 0.3) is 0 Å². The second-order valence-electron chi connectivity index (χ2n) is 7.11. The van der Waals surface area contributed by atoms with E-state index >= 15 is 0 Å². The number of aromatic nitrogens is 1. The molecule has 30 heavy (non-hydrogen) atoms. The van der Waals surface area contributed by atoms with Gasteiger partial charge in [0, 0.05) is 16.5 Å². The van der Waals surface area contributed by atoms with E-state index in [0.29, 0.717) is 16.3 Å². The standard InChI is InChI=1S/C25H22N2O2S/c1-29-21-12-10-18(11-13-21)22(23-16-30-25(26)27-23)15-17-6-5-9-20(14-17)24(28)19-7-3-2-4-8-19/h2-14,16,22H,15H2,1H3,(H2,26,27)/p+1. The van der Waals surface area contributed by atoms with Crippen molar-refractivity contribution >= 4 is 22.3 Å². The van der Waals surface area contributed by atoms with E-state index < -0.39 is 0 Å². The Kier molecular flexibility index (Phi) is 5.91. The molecule has 4 aromatic rings.